The third-order valence-electron chi connectivity index (χ3n) is 2.61. The maximum Gasteiger partial charge on any atom is 0.320 e. The van der Waals surface area contributed by atoms with Crippen LogP contribution in [0.3, 0.4) is 0 Å². The fourth-order valence-electron chi connectivity index (χ4n) is 1.67. The van der Waals surface area contributed by atoms with E-state index in [9.17, 15) is 8.42 Å². The van der Waals surface area contributed by atoms with Gasteiger partial charge in [-0.1, -0.05) is 18.2 Å². The van der Waals surface area contributed by atoms with Gasteiger partial charge in [0.05, 0.1) is 7.11 Å². The molecule has 0 radical (unpaired) electrons. The second-order valence-corrected chi connectivity index (χ2v) is 5.51. The number of nitrogens with zero attached hydrogens (tertiary/aromatic N) is 1. The largest absolute Gasteiger partial charge is 0.497 e. The van der Waals surface area contributed by atoms with Crippen molar-refractivity contribution in [1.29, 1.82) is 0 Å². The SMILES string of the molecule is COc1ccc(N/C(=N\S(N)(=O)=O)Nc2ccccc2)cc1. The Kier molecular flexibility index (Phi) is 4.97. The highest BCUT2D eigenvalue weighted by Gasteiger charge is 2.06. The second-order valence-electron chi connectivity index (χ2n) is 4.30. The molecule has 0 aliphatic carbocycles. The fourth-order valence-corrected chi connectivity index (χ4v) is 2.02. The lowest BCUT2D eigenvalue weighted by atomic mass is 10.3. The van der Waals surface area contributed by atoms with Gasteiger partial charge in [0.1, 0.15) is 5.75 Å². The van der Waals surface area contributed by atoms with Crippen molar-refractivity contribution in [3.63, 3.8) is 0 Å². The first-order chi connectivity index (χ1) is 10.5. The van der Waals surface area contributed by atoms with Crippen LogP contribution in [0.25, 0.3) is 0 Å². The van der Waals surface area contributed by atoms with Gasteiger partial charge in [0, 0.05) is 11.4 Å². The summed E-state index contributed by atoms with van der Waals surface area (Å²) in [5.41, 5.74) is 1.30. The summed E-state index contributed by atoms with van der Waals surface area (Å²) < 4.78 is 30.9. The summed E-state index contributed by atoms with van der Waals surface area (Å²) in [6.07, 6.45) is 0. The first-order valence-electron chi connectivity index (χ1n) is 6.32. The molecular weight excluding hydrogens is 304 g/mol. The minimum Gasteiger partial charge on any atom is -0.497 e. The number of ether oxygens (including phenoxy) is 1. The van der Waals surface area contributed by atoms with E-state index in [1.54, 1.807) is 43.5 Å². The van der Waals surface area contributed by atoms with Crippen LogP contribution in [0.5, 0.6) is 5.75 Å². The minimum absolute atomic E-state index is 0.00105. The van der Waals surface area contributed by atoms with Crippen LogP contribution >= 0.6 is 0 Å². The van der Waals surface area contributed by atoms with Gasteiger partial charge < -0.3 is 15.4 Å². The summed E-state index contributed by atoms with van der Waals surface area (Å²) in [6.45, 7) is 0. The van der Waals surface area contributed by atoms with Crippen LogP contribution < -0.4 is 20.5 Å². The van der Waals surface area contributed by atoms with Gasteiger partial charge in [-0.3, -0.25) is 0 Å². The molecule has 2 rings (SSSR count). The molecule has 0 atom stereocenters. The molecule has 0 aromatic heterocycles. The van der Waals surface area contributed by atoms with Crippen molar-refractivity contribution in [2.24, 2.45) is 9.54 Å². The lowest BCUT2D eigenvalue weighted by Crippen LogP contribution is -2.25. The monoisotopic (exact) mass is 320 g/mol. The van der Waals surface area contributed by atoms with Gasteiger partial charge in [-0.15, -0.1) is 4.40 Å². The third kappa shape index (κ3) is 5.08. The number of anilines is 2. The van der Waals surface area contributed by atoms with Gasteiger partial charge in [0.15, 0.2) is 0 Å². The summed E-state index contributed by atoms with van der Waals surface area (Å²) in [7, 11) is -2.48. The topological polar surface area (TPSA) is 106 Å². The van der Waals surface area contributed by atoms with Crippen molar-refractivity contribution in [1.82, 2.24) is 0 Å². The lowest BCUT2D eigenvalue weighted by molar-refractivity contribution is 0.415. The molecule has 0 unspecified atom stereocenters. The first kappa shape index (κ1) is 15.8. The number of nitrogens with one attached hydrogen (secondary N) is 2. The molecule has 0 bridgehead atoms. The molecule has 0 aliphatic heterocycles. The van der Waals surface area contributed by atoms with Crippen molar-refractivity contribution in [2.75, 3.05) is 17.7 Å². The number of rotatable bonds is 4. The van der Waals surface area contributed by atoms with Gasteiger partial charge >= 0.3 is 10.2 Å². The molecule has 2 aromatic rings. The molecule has 0 heterocycles. The molecule has 8 heteroatoms. The zero-order valence-corrected chi connectivity index (χ0v) is 12.7. The number of guanidine groups is 1. The van der Waals surface area contributed by atoms with Crippen LogP contribution in [0.2, 0.25) is 0 Å². The molecule has 0 saturated carbocycles. The average molecular weight is 320 g/mol. The van der Waals surface area contributed by atoms with Crippen molar-refractivity contribution < 1.29 is 13.2 Å². The standard InChI is InChI=1S/C14H16N4O3S/c1-21-13-9-7-12(8-10-13)17-14(18-22(15,19)20)16-11-5-3-2-4-6-11/h2-10H,1H3,(H2,15,19,20)(H2,16,17,18). The van der Waals surface area contributed by atoms with Crippen LogP contribution in [0.15, 0.2) is 59.0 Å². The second kappa shape index (κ2) is 6.92. The normalized spacial score (nSPS) is 11.8. The van der Waals surface area contributed by atoms with E-state index >= 15 is 0 Å². The molecule has 22 heavy (non-hydrogen) atoms. The van der Waals surface area contributed by atoms with E-state index in [0.29, 0.717) is 17.1 Å². The number of benzene rings is 2. The summed E-state index contributed by atoms with van der Waals surface area (Å²) in [6, 6.07) is 15.9. The van der Waals surface area contributed by atoms with Crippen LogP contribution in [-0.4, -0.2) is 21.5 Å². The smallest absolute Gasteiger partial charge is 0.320 e. The van der Waals surface area contributed by atoms with E-state index in [1.165, 1.54) is 0 Å². The summed E-state index contributed by atoms with van der Waals surface area (Å²) in [5, 5.41) is 10.7. The highest BCUT2D eigenvalue weighted by molar-refractivity contribution is 7.88. The molecule has 116 valence electrons. The highest BCUT2D eigenvalue weighted by atomic mass is 32.2. The van der Waals surface area contributed by atoms with Gasteiger partial charge in [-0.2, -0.15) is 8.42 Å². The maximum absolute atomic E-state index is 11.2. The van der Waals surface area contributed by atoms with Crippen molar-refractivity contribution >= 4 is 27.5 Å². The maximum atomic E-state index is 11.2. The summed E-state index contributed by atoms with van der Waals surface area (Å²) in [4.78, 5) is 0. The Labute approximate surface area is 129 Å². The Balaban J connectivity index is 2.22. The quantitative estimate of drug-likeness (QED) is 0.588. The number of nitrogens with two attached hydrogens (primary N) is 1. The van der Waals surface area contributed by atoms with Crippen LogP contribution in [0.1, 0.15) is 0 Å². The van der Waals surface area contributed by atoms with Crippen LogP contribution in [0, 0.1) is 0 Å². The highest BCUT2D eigenvalue weighted by Crippen LogP contribution is 2.15. The molecule has 4 N–H and O–H groups in total. The molecule has 0 fully saturated rings. The van der Waals surface area contributed by atoms with Gasteiger partial charge in [-0.05, 0) is 36.4 Å². The minimum atomic E-state index is -4.04. The van der Waals surface area contributed by atoms with Gasteiger partial charge in [-0.25, -0.2) is 5.14 Å². The number of hydrogen-bond donors (Lipinski definition) is 3. The summed E-state index contributed by atoms with van der Waals surface area (Å²) in [5.74, 6) is 0.686. The van der Waals surface area contributed by atoms with Crippen LogP contribution in [-0.2, 0) is 10.2 Å². The Hall–Kier alpha value is -2.58. The third-order valence-corrected chi connectivity index (χ3v) is 3.04. The van der Waals surface area contributed by atoms with E-state index in [0.717, 1.165) is 0 Å². The van der Waals surface area contributed by atoms with Gasteiger partial charge in [0.2, 0.25) is 5.96 Å². The zero-order chi connectivity index (χ0) is 16.0. The molecular formula is C14H16N4O3S. The van der Waals surface area contributed by atoms with Crippen molar-refractivity contribution in [3.05, 3.63) is 54.6 Å². The fraction of sp³-hybridized carbons (Fsp3) is 0.0714. The zero-order valence-electron chi connectivity index (χ0n) is 11.9. The first-order valence-corrected chi connectivity index (χ1v) is 7.82. The molecule has 0 amide bonds. The Bertz CT molecular complexity index is 743. The molecule has 0 saturated heterocycles. The average Bonchev–Trinajstić information content (AvgIpc) is 2.47. The number of para-hydroxylation sites is 1. The van der Waals surface area contributed by atoms with E-state index < -0.39 is 10.2 Å². The van der Waals surface area contributed by atoms with Crippen molar-refractivity contribution in [2.45, 2.75) is 0 Å². The Morgan fingerprint density at radius 2 is 1.55 bits per heavy atom. The number of methoxy groups -OCH3 is 1. The van der Waals surface area contributed by atoms with Crippen molar-refractivity contribution in [3.8, 4) is 5.75 Å². The summed E-state index contributed by atoms with van der Waals surface area (Å²) >= 11 is 0. The molecule has 7 nitrogen and oxygen atoms in total. The molecule has 2 aromatic carbocycles. The van der Waals surface area contributed by atoms with E-state index in [4.69, 9.17) is 9.88 Å². The van der Waals surface area contributed by atoms with E-state index in [1.807, 2.05) is 18.2 Å². The Morgan fingerprint density at radius 3 is 2.05 bits per heavy atom. The Morgan fingerprint density at radius 1 is 1.00 bits per heavy atom. The predicted octanol–water partition coefficient (Wildman–Crippen LogP) is 1.78. The van der Waals surface area contributed by atoms with Crippen LogP contribution in [0.4, 0.5) is 11.4 Å². The van der Waals surface area contributed by atoms with E-state index in [-0.39, 0.29) is 5.96 Å². The predicted molar refractivity (Wildman–Crippen MR) is 87.2 cm³/mol. The van der Waals surface area contributed by atoms with Gasteiger partial charge in [0.25, 0.3) is 0 Å². The molecule has 0 aliphatic rings. The number of hydrogen-bond acceptors (Lipinski definition) is 3. The lowest BCUT2D eigenvalue weighted by Gasteiger charge is -2.12. The molecule has 0 spiro atoms. The van der Waals surface area contributed by atoms with E-state index in [2.05, 4.69) is 15.0 Å².